The van der Waals surface area contributed by atoms with E-state index in [1.54, 1.807) is 11.8 Å². The van der Waals surface area contributed by atoms with Gasteiger partial charge in [-0.2, -0.15) is 0 Å². The topological polar surface area (TPSA) is 58.6 Å². The molecule has 29 heavy (non-hydrogen) atoms. The summed E-state index contributed by atoms with van der Waals surface area (Å²) in [5.41, 5.74) is 1.90. The summed E-state index contributed by atoms with van der Waals surface area (Å²) in [5, 5.41) is 2.96. The largest absolute Gasteiger partial charge is 0.484 e. The number of amides is 2. The Morgan fingerprint density at radius 3 is 2.52 bits per heavy atom. The van der Waals surface area contributed by atoms with Gasteiger partial charge in [0.05, 0.1) is 0 Å². The maximum atomic E-state index is 13.0. The zero-order valence-electron chi connectivity index (χ0n) is 17.4. The second-order valence-electron chi connectivity index (χ2n) is 7.20. The van der Waals surface area contributed by atoms with Crippen molar-refractivity contribution in [1.82, 2.24) is 10.2 Å². The lowest BCUT2D eigenvalue weighted by Gasteiger charge is -2.29. The quantitative estimate of drug-likeness (QED) is 0.600. The molecule has 6 heteroatoms. The number of para-hydroxylation sites is 1. The van der Waals surface area contributed by atoms with Gasteiger partial charge in [0, 0.05) is 17.1 Å². The minimum atomic E-state index is -0.615. The molecular formula is C23H29BrN2O3. The van der Waals surface area contributed by atoms with Crippen LogP contribution in [0, 0.1) is 6.92 Å². The third kappa shape index (κ3) is 6.89. The van der Waals surface area contributed by atoms with Crippen molar-refractivity contribution in [3.05, 3.63) is 64.1 Å². The maximum absolute atomic E-state index is 13.0. The Labute approximate surface area is 181 Å². The number of nitrogens with one attached hydrogen (secondary N) is 1. The number of hydrogen-bond acceptors (Lipinski definition) is 3. The summed E-state index contributed by atoms with van der Waals surface area (Å²) < 4.78 is 6.67. The minimum absolute atomic E-state index is 0.0518. The fourth-order valence-corrected chi connectivity index (χ4v) is 3.27. The third-order valence-corrected chi connectivity index (χ3v) is 5.35. The van der Waals surface area contributed by atoms with Crippen molar-refractivity contribution < 1.29 is 14.3 Å². The van der Waals surface area contributed by atoms with Crippen molar-refractivity contribution in [2.45, 2.75) is 52.7 Å². The van der Waals surface area contributed by atoms with Crippen molar-refractivity contribution >= 4 is 27.7 Å². The van der Waals surface area contributed by atoms with E-state index in [2.05, 4.69) is 21.2 Å². The van der Waals surface area contributed by atoms with Crippen molar-refractivity contribution in [2.75, 3.05) is 6.61 Å². The van der Waals surface area contributed by atoms with Gasteiger partial charge in [0.25, 0.3) is 5.91 Å². The van der Waals surface area contributed by atoms with E-state index in [4.69, 9.17) is 4.74 Å². The molecule has 1 N–H and O–H groups in total. The van der Waals surface area contributed by atoms with Crippen molar-refractivity contribution in [1.29, 1.82) is 0 Å². The number of ether oxygens (including phenoxy) is 1. The van der Waals surface area contributed by atoms with E-state index >= 15 is 0 Å². The minimum Gasteiger partial charge on any atom is -0.484 e. The summed E-state index contributed by atoms with van der Waals surface area (Å²) in [6.07, 6.45) is 0.828. The number of halogens is 1. The van der Waals surface area contributed by atoms with Crippen LogP contribution in [0.3, 0.4) is 0 Å². The van der Waals surface area contributed by atoms with Crippen molar-refractivity contribution in [3.8, 4) is 5.75 Å². The number of carbonyl (C=O) groups excluding carboxylic acids is 2. The van der Waals surface area contributed by atoms with Gasteiger partial charge < -0.3 is 15.0 Å². The molecule has 0 aliphatic rings. The van der Waals surface area contributed by atoms with Gasteiger partial charge in [0.1, 0.15) is 11.8 Å². The number of benzene rings is 2. The molecule has 2 aromatic rings. The summed E-state index contributed by atoms with van der Waals surface area (Å²) in [6.45, 7) is 7.84. The van der Waals surface area contributed by atoms with Crippen LogP contribution in [0.2, 0.25) is 0 Å². The second kappa shape index (κ2) is 11.0. The third-order valence-electron chi connectivity index (χ3n) is 4.86. The van der Waals surface area contributed by atoms with Crippen LogP contribution in [0.4, 0.5) is 0 Å². The number of rotatable bonds is 9. The van der Waals surface area contributed by atoms with Crippen LogP contribution in [-0.4, -0.2) is 35.4 Å². The Morgan fingerprint density at radius 2 is 1.86 bits per heavy atom. The molecular weight excluding hydrogens is 432 g/mol. The first-order valence-electron chi connectivity index (χ1n) is 9.84. The van der Waals surface area contributed by atoms with Crippen LogP contribution in [0.15, 0.2) is 53.0 Å². The highest BCUT2D eigenvalue weighted by Crippen LogP contribution is 2.18. The normalized spacial score (nSPS) is 12.7. The zero-order valence-corrected chi connectivity index (χ0v) is 19.0. The fourth-order valence-electron chi connectivity index (χ4n) is 2.82. The van der Waals surface area contributed by atoms with Gasteiger partial charge in [-0.25, -0.2) is 0 Å². The molecule has 2 unspecified atom stereocenters. The van der Waals surface area contributed by atoms with Crippen LogP contribution >= 0.6 is 15.9 Å². The van der Waals surface area contributed by atoms with Crippen LogP contribution in [0.5, 0.6) is 5.75 Å². The van der Waals surface area contributed by atoms with E-state index in [1.165, 1.54) is 0 Å². The lowest BCUT2D eigenvalue weighted by molar-refractivity contribution is -0.142. The predicted molar refractivity (Wildman–Crippen MR) is 119 cm³/mol. The molecule has 0 aliphatic carbocycles. The summed E-state index contributed by atoms with van der Waals surface area (Å²) in [4.78, 5) is 27.3. The van der Waals surface area contributed by atoms with Crippen LogP contribution in [0.25, 0.3) is 0 Å². The zero-order chi connectivity index (χ0) is 21.4. The molecule has 0 saturated carbocycles. The Balaban J connectivity index is 2.17. The van der Waals surface area contributed by atoms with Gasteiger partial charge in [0.15, 0.2) is 6.61 Å². The van der Waals surface area contributed by atoms with Gasteiger partial charge in [0.2, 0.25) is 5.91 Å². The van der Waals surface area contributed by atoms with E-state index in [0.29, 0.717) is 12.3 Å². The molecule has 0 aromatic heterocycles. The predicted octanol–water partition coefficient (Wildman–Crippen LogP) is 4.47. The lowest BCUT2D eigenvalue weighted by atomic mass is 10.1. The lowest BCUT2D eigenvalue weighted by Crippen LogP contribution is -2.50. The smallest absolute Gasteiger partial charge is 0.261 e. The fraction of sp³-hybridized carbons (Fsp3) is 0.391. The van der Waals surface area contributed by atoms with Crippen LogP contribution in [-0.2, 0) is 16.1 Å². The van der Waals surface area contributed by atoms with E-state index in [9.17, 15) is 9.59 Å². The first kappa shape index (κ1) is 22.9. The Morgan fingerprint density at radius 1 is 1.14 bits per heavy atom. The molecule has 2 amide bonds. The summed E-state index contributed by atoms with van der Waals surface area (Å²) in [6, 6.07) is 14.7. The van der Waals surface area contributed by atoms with Gasteiger partial charge in [-0.1, -0.05) is 53.2 Å². The SMILES string of the molecule is CCC(C)NC(=O)C(C)N(Cc1cccc(Br)c1)C(=O)COc1ccccc1C. The van der Waals surface area contributed by atoms with E-state index in [-0.39, 0.29) is 24.5 Å². The molecule has 0 saturated heterocycles. The Bertz CT molecular complexity index is 840. The molecule has 0 heterocycles. The molecule has 0 aliphatic heterocycles. The highest BCUT2D eigenvalue weighted by molar-refractivity contribution is 9.10. The highest BCUT2D eigenvalue weighted by atomic mass is 79.9. The number of carbonyl (C=O) groups is 2. The highest BCUT2D eigenvalue weighted by Gasteiger charge is 2.27. The molecule has 0 radical (unpaired) electrons. The number of aryl methyl sites for hydroxylation is 1. The summed E-state index contributed by atoms with van der Waals surface area (Å²) in [5.74, 6) is 0.263. The van der Waals surface area contributed by atoms with Gasteiger partial charge in [-0.15, -0.1) is 0 Å². The Hall–Kier alpha value is -2.34. The molecule has 2 rings (SSSR count). The first-order valence-corrected chi connectivity index (χ1v) is 10.6. The molecule has 0 bridgehead atoms. The van der Waals surface area contributed by atoms with Crippen molar-refractivity contribution in [3.63, 3.8) is 0 Å². The van der Waals surface area contributed by atoms with Crippen molar-refractivity contribution in [2.24, 2.45) is 0 Å². The average molecular weight is 461 g/mol. The molecule has 0 spiro atoms. The molecule has 5 nitrogen and oxygen atoms in total. The van der Waals surface area contributed by atoms with Gasteiger partial charge in [-0.05, 0) is 56.5 Å². The molecule has 156 valence electrons. The molecule has 0 fully saturated rings. The standard InChI is InChI=1S/C23H29BrN2O3/c1-5-17(3)25-23(28)18(4)26(14-19-10-8-11-20(24)13-19)22(27)15-29-21-12-7-6-9-16(21)2/h6-13,17-18H,5,14-15H2,1-4H3,(H,25,28). The van der Waals surface area contributed by atoms with E-state index in [0.717, 1.165) is 22.0 Å². The summed E-state index contributed by atoms with van der Waals surface area (Å²) >= 11 is 3.46. The number of hydrogen-bond donors (Lipinski definition) is 1. The first-order chi connectivity index (χ1) is 13.8. The summed E-state index contributed by atoms with van der Waals surface area (Å²) in [7, 11) is 0. The van der Waals surface area contributed by atoms with Gasteiger partial charge >= 0.3 is 0 Å². The van der Waals surface area contributed by atoms with E-state index in [1.807, 2.05) is 69.3 Å². The molecule has 2 aromatic carbocycles. The second-order valence-corrected chi connectivity index (χ2v) is 8.12. The number of nitrogens with zero attached hydrogens (tertiary/aromatic N) is 1. The van der Waals surface area contributed by atoms with Crippen LogP contribution < -0.4 is 10.1 Å². The Kier molecular flexibility index (Phi) is 8.70. The van der Waals surface area contributed by atoms with E-state index < -0.39 is 6.04 Å². The molecule has 2 atom stereocenters. The average Bonchev–Trinajstić information content (AvgIpc) is 2.70. The monoisotopic (exact) mass is 460 g/mol. The van der Waals surface area contributed by atoms with Gasteiger partial charge in [-0.3, -0.25) is 9.59 Å². The van der Waals surface area contributed by atoms with Crippen LogP contribution in [0.1, 0.15) is 38.3 Å². The maximum Gasteiger partial charge on any atom is 0.261 e.